The van der Waals surface area contributed by atoms with Gasteiger partial charge in [0.05, 0.1) is 0 Å². The highest BCUT2D eigenvalue weighted by molar-refractivity contribution is 5.91. The lowest BCUT2D eigenvalue weighted by atomic mass is 9.96. The predicted molar refractivity (Wildman–Crippen MR) is 125 cm³/mol. The minimum atomic E-state index is -1.10. The van der Waals surface area contributed by atoms with Crippen LogP contribution in [-0.2, 0) is 19.1 Å². The van der Waals surface area contributed by atoms with E-state index in [0.29, 0.717) is 18.9 Å². The average molecular weight is 457 g/mol. The molecule has 2 aliphatic carbocycles. The van der Waals surface area contributed by atoms with Crippen LogP contribution in [0.4, 0.5) is 0 Å². The Labute approximate surface area is 193 Å². The van der Waals surface area contributed by atoms with Crippen LogP contribution in [0.5, 0.6) is 0 Å². The Hall–Kier alpha value is -1.93. The second kappa shape index (κ2) is 16.7. The van der Waals surface area contributed by atoms with Crippen molar-refractivity contribution in [3.8, 4) is 0 Å². The van der Waals surface area contributed by atoms with Crippen LogP contribution in [0, 0.1) is 17.8 Å². The van der Waals surface area contributed by atoms with Crippen molar-refractivity contribution in [2.24, 2.45) is 17.8 Å². The Morgan fingerprint density at radius 2 is 1.94 bits per heavy atom. The zero-order valence-corrected chi connectivity index (χ0v) is 20.5. The summed E-state index contributed by atoms with van der Waals surface area (Å²) in [7, 11) is 1.75. The van der Waals surface area contributed by atoms with Gasteiger partial charge in [-0.2, -0.15) is 0 Å². The second-order valence-electron chi connectivity index (χ2n) is 8.22. The van der Waals surface area contributed by atoms with Gasteiger partial charge in [-0.3, -0.25) is 9.59 Å². The zero-order valence-electron chi connectivity index (χ0n) is 20.5. The number of rotatable bonds is 12. The van der Waals surface area contributed by atoms with E-state index in [2.05, 4.69) is 17.0 Å². The van der Waals surface area contributed by atoms with Gasteiger partial charge in [0.15, 0.2) is 0 Å². The molecule has 0 heterocycles. The molecule has 0 saturated heterocycles. The van der Waals surface area contributed by atoms with Crippen LogP contribution < -0.4 is 5.32 Å². The number of nitrogens with zero attached hydrogens (tertiary/aromatic N) is 1. The van der Waals surface area contributed by atoms with Crippen molar-refractivity contribution in [1.82, 2.24) is 10.2 Å². The summed E-state index contributed by atoms with van der Waals surface area (Å²) in [6.45, 7) is 9.07. The maximum Gasteiger partial charge on any atom is 0.330 e. The Balaban J connectivity index is 0.00000121. The van der Waals surface area contributed by atoms with E-state index in [-0.39, 0.29) is 24.5 Å². The molecule has 2 fully saturated rings. The van der Waals surface area contributed by atoms with Gasteiger partial charge in [0, 0.05) is 32.0 Å². The average Bonchev–Trinajstić information content (AvgIpc) is 3.31. The van der Waals surface area contributed by atoms with Gasteiger partial charge in [0.2, 0.25) is 12.3 Å². The van der Waals surface area contributed by atoms with Gasteiger partial charge in [0.25, 0.3) is 0 Å². The number of aliphatic hydroxyl groups excluding tert-OH is 1. The van der Waals surface area contributed by atoms with Crippen molar-refractivity contribution in [3.63, 3.8) is 0 Å². The standard InChI is InChI=1S/C19H30N2O4.C3H8O2.C2H6/c1-14-8-7-10-16(14)17(23)20-19(18(24)25)12-15(19)9-5-3-4-6-11-21(2)13-22;1-2-5-3-4;1-2/h5,9,13-16H,3-4,6-8,10-12H2,1-2H3,(H,20,23)(H,24,25);4H,2-3H2,1H3;1-2H3/b9-5-;;/t14?,15-,16?,19-;;/m1../s1. The summed E-state index contributed by atoms with van der Waals surface area (Å²) in [5.41, 5.74) is -1.10. The van der Waals surface area contributed by atoms with Crippen LogP contribution in [-0.4, -0.2) is 65.9 Å². The molecule has 4 atom stereocenters. The summed E-state index contributed by atoms with van der Waals surface area (Å²) < 4.78 is 4.39. The Morgan fingerprint density at radius 1 is 1.25 bits per heavy atom. The number of carbonyl (C=O) groups is 3. The van der Waals surface area contributed by atoms with E-state index < -0.39 is 11.5 Å². The molecular formula is C24H44N2O6. The first-order valence-electron chi connectivity index (χ1n) is 11.9. The fourth-order valence-electron chi connectivity index (χ4n) is 3.84. The van der Waals surface area contributed by atoms with Crippen molar-refractivity contribution in [2.45, 2.75) is 78.2 Å². The highest BCUT2D eigenvalue weighted by atomic mass is 16.6. The number of hydrogen-bond donors (Lipinski definition) is 3. The Kier molecular flexibility index (Phi) is 15.7. The van der Waals surface area contributed by atoms with Crippen molar-refractivity contribution in [2.75, 3.05) is 27.0 Å². The molecule has 0 spiro atoms. The summed E-state index contributed by atoms with van der Waals surface area (Å²) in [4.78, 5) is 36.2. The van der Waals surface area contributed by atoms with Crippen LogP contribution in [0.25, 0.3) is 0 Å². The number of ether oxygens (including phenoxy) is 1. The number of allylic oxidation sites excluding steroid dienone is 1. The number of carboxylic acid groups (broad SMARTS) is 1. The number of carboxylic acids is 1. The van der Waals surface area contributed by atoms with Crippen LogP contribution in [0.2, 0.25) is 0 Å². The SMILES string of the molecule is CC.CC1CCCC1C(=O)N[C@]1(C(=O)O)C[C@H]1/C=C\CCCCN(C)C=O.CCOCO. The van der Waals surface area contributed by atoms with Crippen LogP contribution >= 0.6 is 0 Å². The predicted octanol–water partition coefficient (Wildman–Crippen LogP) is 3.20. The lowest BCUT2D eigenvalue weighted by Crippen LogP contribution is -2.47. The van der Waals surface area contributed by atoms with E-state index in [1.165, 1.54) is 0 Å². The summed E-state index contributed by atoms with van der Waals surface area (Å²) in [5.74, 6) is -0.864. The molecule has 2 aliphatic rings. The molecule has 0 aromatic rings. The molecule has 8 nitrogen and oxygen atoms in total. The highest BCUT2D eigenvalue weighted by Crippen LogP contribution is 2.46. The van der Waals surface area contributed by atoms with Crippen molar-refractivity contribution in [3.05, 3.63) is 12.2 Å². The first-order chi connectivity index (χ1) is 15.3. The number of nitrogens with one attached hydrogen (secondary N) is 1. The van der Waals surface area contributed by atoms with E-state index in [0.717, 1.165) is 51.5 Å². The van der Waals surface area contributed by atoms with Gasteiger partial charge in [-0.15, -0.1) is 0 Å². The topological polar surface area (TPSA) is 116 Å². The molecule has 186 valence electrons. The molecule has 2 rings (SSSR count). The van der Waals surface area contributed by atoms with Gasteiger partial charge < -0.3 is 25.2 Å². The number of carbonyl (C=O) groups excluding carboxylic acids is 2. The van der Waals surface area contributed by atoms with Gasteiger partial charge in [-0.25, -0.2) is 4.79 Å². The van der Waals surface area contributed by atoms with Crippen molar-refractivity contribution >= 4 is 18.3 Å². The monoisotopic (exact) mass is 456 g/mol. The molecule has 0 aromatic heterocycles. The summed E-state index contributed by atoms with van der Waals surface area (Å²) >= 11 is 0. The third-order valence-corrected chi connectivity index (χ3v) is 5.92. The largest absolute Gasteiger partial charge is 0.479 e. The molecule has 0 aliphatic heterocycles. The quantitative estimate of drug-likeness (QED) is 0.180. The fourth-order valence-corrected chi connectivity index (χ4v) is 3.84. The van der Waals surface area contributed by atoms with E-state index >= 15 is 0 Å². The summed E-state index contributed by atoms with van der Waals surface area (Å²) in [5, 5.41) is 20.2. The van der Waals surface area contributed by atoms with E-state index in [1.807, 2.05) is 32.9 Å². The van der Waals surface area contributed by atoms with Gasteiger partial charge in [0.1, 0.15) is 12.3 Å². The molecule has 2 amide bonds. The van der Waals surface area contributed by atoms with Gasteiger partial charge in [-0.1, -0.05) is 39.3 Å². The Bertz CT molecular complexity index is 581. The normalized spacial score (nSPS) is 25.8. The van der Waals surface area contributed by atoms with Crippen molar-refractivity contribution in [1.29, 1.82) is 0 Å². The third-order valence-electron chi connectivity index (χ3n) is 5.92. The van der Waals surface area contributed by atoms with Crippen molar-refractivity contribution < 1.29 is 29.3 Å². The lowest BCUT2D eigenvalue weighted by Gasteiger charge is -2.20. The molecule has 0 radical (unpaired) electrons. The number of amides is 2. The fraction of sp³-hybridized carbons (Fsp3) is 0.792. The Morgan fingerprint density at radius 3 is 2.41 bits per heavy atom. The highest BCUT2D eigenvalue weighted by Gasteiger charge is 2.60. The van der Waals surface area contributed by atoms with Crippen LogP contribution in [0.3, 0.4) is 0 Å². The molecule has 32 heavy (non-hydrogen) atoms. The van der Waals surface area contributed by atoms with Gasteiger partial charge in [-0.05, 0) is 51.4 Å². The van der Waals surface area contributed by atoms with E-state index in [9.17, 15) is 19.5 Å². The maximum absolute atomic E-state index is 12.4. The second-order valence-corrected chi connectivity index (χ2v) is 8.22. The third kappa shape index (κ3) is 10.1. The van der Waals surface area contributed by atoms with E-state index in [1.54, 1.807) is 11.9 Å². The smallest absolute Gasteiger partial charge is 0.330 e. The maximum atomic E-state index is 12.4. The summed E-state index contributed by atoms with van der Waals surface area (Å²) in [6, 6.07) is 0. The first kappa shape index (κ1) is 30.1. The molecule has 0 bridgehead atoms. The molecule has 2 saturated carbocycles. The number of aliphatic carboxylic acids is 1. The molecule has 2 unspecified atom stereocenters. The molecule has 0 aromatic carbocycles. The van der Waals surface area contributed by atoms with Gasteiger partial charge >= 0.3 is 5.97 Å². The first-order valence-corrected chi connectivity index (χ1v) is 11.9. The lowest BCUT2D eigenvalue weighted by molar-refractivity contribution is -0.144. The molecule has 8 heteroatoms. The minimum Gasteiger partial charge on any atom is -0.479 e. The van der Waals surface area contributed by atoms with Crippen LogP contribution in [0.1, 0.15) is 72.6 Å². The minimum absolute atomic E-state index is 0.0451. The zero-order chi connectivity index (χ0) is 24.6. The molecule has 3 N–H and O–H groups in total. The summed E-state index contributed by atoms with van der Waals surface area (Å²) in [6.07, 6.45) is 10.9. The molecular weight excluding hydrogens is 412 g/mol. The van der Waals surface area contributed by atoms with E-state index in [4.69, 9.17) is 5.11 Å². The van der Waals surface area contributed by atoms with Crippen LogP contribution in [0.15, 0.2) is 12.2 Å². The number of unbranched alkanes of at least 4 members (excludes halogenated alkanes) is 2. The number of aliphatic hydroxyl groups is 1. The number of hydrogen-bond acceptors (Lipinski definition) is 5.